The van der Waals surface area contributed by atoms with Gasteiger partial charge in [-0.2, -0.15) is 0 Å². The lowest BCUT2D eigenvalue weighted by atomic mass is 10.0. The lowest BCUT2D eigenvalue weighted by Gasteiger charge is -2.33. The third-order valence-corrected chi connectivity index (χ3v) is 6.99. The fourth-order valence-electron chi connectivity index (χ4n) is 4.28. The van der Waals surface area contributed by atoms with Crippen LogP contribution in [0.1, 0.15) is 11.1 Å². The first-order valence-electron chi connectivity index (χ1n) is 9.81. The molecule has 0 radical (unpaired) electrons. The van der Waals surface area contributed by atoms with Crippen molar-refractivity contribution in [1.29, 1.82) is 0 Å². The Morgan fingerprint density at radius 2 is 1.84 bits per heavy atom. The molecule has 156 valence electrons. The number of carbonyl (C=O) groups is 2. The number of para-hydroxylation sites is 1. The first kappa shape index (κ1) is 19.6. The van der Waals surface area contributed by atoms with Crippen molar-refractivity contribution < 1.29 is 18.7 Å². The quantitative estimate of drug-likeness (QED) is 0.614. The molecule has 0 aliphatic carbocycles. The van der Waals surface area contributed by atoms with Crippen molar-refractivity contribution in [1.82, 2.24) is 0 Å². The number of ether oxygens (including phenoxy) is 1. The van der Waals surface area contributed by atoms with Crippen LogP contribution in [0.15, 0.2) is 72.8 Å². The zero-order valence-electron chi connectivity index (χ0n) is 16.7. The number of halogens is 1. The summed E-state index contributed by atoms with van der Waals surface area (Å²) in [7, 11) is 1.56. The van der Waals surface area contributed by atoms with E-state index in [9.17, 15) is 14.0 Å². The molecule has 5 rings (SSSR count). The number of hydrogen-bond donors (Lipinski definition) is 0. The second-order valence-electron chi connectivity index (χ2n) is 7.40. The molecular formula is C24H19FN2O3S. The molecule has 7 heteroatoms. The van der Waals surface area contributed by atoms with Crippen LogP contribution >= 0.6 is 11.8 Å². The second kappa shape index (κ2) is 7.42. The zero-order chi connectivity index (χ0) is 21.6. The summed E-state index contributed by atoms with van der Waals surface area (Å²) >= 11 is 1.32. The molecule has 0 unspecified atom stereocenters. The maximum absolute atomic E-state index is 13.9. The minimum atomic E-state index is -1.20. The first-order valence-corrected chi connectivity index (χ1v) is 10.8. The molecule has 5 nitrogen and oxygen atoms in total. The molecule has 2 aliphatic heterocycles. The van der Waals surface area contributed by atoms with Crippen molar-refractivity contribution in [3.63, 3.8) is 0 Å². The third-order valence-electron chi connectivity index (χ3n) is 5.61. The van der Waals surface area contributed by atoms with Crippen molar-refractivity contribution in [2.75, 3.05) is 22.7 Å². The largest absolute Gasteiger partial charge is 0.497 e. The first-order chi connectivity index (χ1) is 15.0. The number of amides is 2. The van der Waals surface area contributed by atoms with E-state index in [1.807, 2.05) is 24.3 Å². The molecule has 2 aliphatic rings. The fourth-order valence-corrected chi connectivity index (χ4v) is 5.64. The third kappa shape index (κ3) is 2.99. The van der Waals surface area contributed by atoms with E-state index in [0.29, 0.717) is 17.0 Å². The van der Waals surface area contributed by atoms with Gasteiger partial charge >= 0.3 is 0 Å². The molecule has 31 heavy (non-hydrogen) atoms. The summed E-state index contributed by atoms with van der Waals surface area (Å²) in [5, 5.41) is 0. The summed E-state index contributed by atoms with van der Waals surface area (Å²) < 4.78 is 19.1. The number of benzene rings is 3. The van der Waals surface area contributed by atoms with Crippen LogP contribution in [-0.4, -0.2) is 24.7 Å². The van der Waals surface area contributed by atoms with Crippen LogP contribution in [0.5, 0.6) is 5.75 Å². The van der Waals surface area contributed by atoms with Gasteiger partial charge in [0.1, 0.15) is 11.6 Å². The number of fused-ring (bicyclic) bond motifs is 2. The predicted octanol–water partition coefficient (Wildman–Crippen LogP) is 4.31. The predicted molar refractivity (Wildman–Crippen MR) is 119 cm³/mol. The van der Waals surface area contributed by atoms with Crippen LogP contribution in [0.25, 0.3) is 0 Å². The molecule has 0 bridgehead atoms. The van der Waals surface area contributed by atoms with Crippen molar-refractivity contribution in [3.05, 3.63) is 89.7 Å². The maximum Gasteiger partial charge on any atom is 0.269 e. The smallest absolute Gasteiger partial charge is 0.269 e. The summed E-state index contributed by atoms with van der Waals surface area (Å²) in [5.74, 6) is 0.0827. The Balaban J connectivity index is 1.64. The Hall–Kier alpha value is -3.32. The van der Waals surface area contributed by atoms with Crippen LogP contribution in [0.4, 0.5) is 15.8 Å². The molecule has 3 aromatic carbocycles. The van der Waals surface area contributed by atoms with Gasteiger partial charge in [0, 0.05) is 17.3 Å². The summed E-state index contributed by atoms with van der Waals surface area (Å²) in [6.07, 6.45) is 0. The molecular weight excluding hydrogens is 415 g/mol. The average molecular weight is 434 g/mol. The average Bonchev–Trinajstić information content (AvgIpc) is 3.25. The number of anilines is 2. The van der Waals surface area contributed by atoms with Crippen molar-refractivity contribution in [2.24, 2.45) is 0 Å². The second-order valence-corrected chi connectivity index (χ2v) is 8.57. The van der Waals surface area contributed by atoms with Crippen molar-refractivity contribution in [2.45, 2.75) is 11.4 Å². The standard InChI is InChI=1S/C24H19FN2O3S/c1-30-19-9-5-8-18(13-19)27-22(28)15-31-24(27)20-10-2-3-11-21(20)26(23(24)29)14-16-6-4-7-17(25)12-16/h2-13H,14-15H2,1H3/t24-/m0/s1. The molecule has 3 aromatic rings. The molecule has 2 amide bonds. The number of carbonyl (C=O) groups excluding carboxylic acids is 2. The van der Waals surface area contributed by atoms with Gasteiger partial charge in [0.2, 0.25) is 10.8 Å². The summed E-state index contributed by atoms with van der Waals surface area (Å²) in [6, 6.07) is 20.9. The van der Waals surface area contributed by atoms with Gasteiger partial charge in [-0.15, -0.1) is 11.8 Å². The number of thioether (sulfide) groups is 1. The van der Waals surface area contributed by atoms with Gasteiger partial charge in [-0.3, -0.25) is 14.5 Å². The Bertz CT molecular complexity index is 1200. The zero-order valence-corrected chi connectivity index (χ0v) is 17.6. The van der Waals surface area contributed by atoms with Gasteiger partial charge in [-0.05, 0) is 35.9 Å². The maximum atomic E-state index is 13.9. The molecule has 1 fully saturated rings. The van der Waals surface area contributed by atoms with E-state index < -0.39 is 4.87 Å². The van der Waals surface area contributed by atoms with E-state index in [0.717, 1.165) is 11.3 Å². The summed E-state index contributed by atoms with van der Waals surface area (Å²) in [6.45, 7) is 0.218. The Morgan fingerprint density at radius 3 is 2.65 bits per heavy atom. The molecule has 2 heterocycles. The van der Waals surface area contributed by atoms with Gasteiger partial charge in [0.05, 0.1) is 25.1 Å². The molecule has 1 saturated heterocycles. The van der Waals surface area contributed by atoms with E-state index in [-0.39, 0.29) is 29.9 Å². The van der Waals surface area contributed by atoms with E-state index in [4.69, 9.17) is 4.74 Å². The number of nitrogens with zero attached hydrogens (tertiary/aromatic N) is 2. The summed E-state index contributed by atoms with van der Waals surface area (Å²) in [4.78, 5) is 29.0. The van der Waals surface area contributed by atoms with E-state index in [2.05, 4.69) is 0 Å². The SMILES string of the molecule is COc1cccc(N2C(=O)CS[C@@]23C(=O)N(Cc2cccc(F)c2)c2ccccc23)c1. The lowest BCUT2D eigenvalue weighted by molar-refractivity contribution is -0.123. The minimum absolute atomic E-state index is 0.144. The topological polar surface area (TPSA) is 49.9 Å². The van der Waals surface area contributed by atoms with E-state index in [1.165, 1.54) is 23.9 Å². The van der Waals surface area contributed by atoms with Crippen LogP contribution in [0.3, 0.4) is 0 Å². The van der Waals surface area contributed by atoms with Crippen LogP contribution in [0, 0.1) is 5.82 Å². The van der Waals surface area contributed by atoms with Gasteiger partial charge in [-0.25, -0.2) is 4.39 Å². The Morgan fingerprint density at radius 1 is 1.03 bits per heavy atom. The fraction of sp³-hybridized carbons (Fsp3) is 0.167. The van der Waals surface area contributed by atoms with E-state index >= 15 is 0 Å². The highest BCUT2D eigenvalue weighted by molar-refractivity contribution is 8.02. The molecule has 1 atom stereocenters. The highest BCUT2D eigenvalue weighted by Crippen LogP contribution is 2.56. The number of rotatable bonds is 4. The van der Waals surface area contributed by atoms with Gasteiger partial charge in [0.25, 0.3) is 5.91 Å². The molecule has 0 aromatic heterocycles. The lowest BCUT2D eigenvalue weighted by Crippen LogP contribution is -2.49. The van der Waals surface area contributed by atoms with E-state index in [1.54, 1.807) is 53.3 Å². The Kier molecular flexibility index (Phi) is 4.70. The van der Waals surface area contributed by atoms with Crippen LogP contribution in [0.2, 0.25) is 0 Å². The summed E-state index contributed by atoms with van der Waals surface area (Å²) in [5.41, 5.74) is 2.77. The normalized spacial score (nSPS) is 19.9. The minimum Gasteiger partial charge on any atom is -0.497 e. The van der Waals surface area contributed by atoms with Crippen LogP contribution in [-0.2, 0) is 21.0 Å². The molecule has 1 spiro atoms. The molecule has 0 saturated carbocycles. The van der Waals surface area contributed by atoms with Gasteiger partial charge in [0.15, 0.2) is 0 Å². The van der Waals surface area contributed by atoms with Crippen molar-refractivity contribution >= 4 is 35.0 Å². The monoisotopic (exact) mass is 434 g/mol. The molecule has 0 N–H and O–H groups in total. The van der Waals surface area contributed by atoms with Crippen LogP contribution < -0.4 is 14.5 Å². The highest BCUT2D eigenvalue weighted by atomic mass is 32.2. The van der Waals surface area contributed by atoms with Gasteiger partial charge < -0.3 is 9.64 Å². The Labute approximate surface area is 183 Å². The number of hydrogen-bond acceptors (Lipinski definition) is 4. The highest BCUT2D eigenvalue weighted by Gasteiger charge is 2.60. The van der Waals surface area contributed by atoms with Gasteiger partial charge in [-0.1, -0.05) is 36.4 Å². The van der Waals surface area contributed by atoms with Crippen molar-refractivity contribution in [3.8, 4) is 5.75 Å². The number of methoxy groups -OCH3 is 1.